The molecule has 1 aliphatic heterocycles. The van der Waals surface area contributed by atoms with E-state index in [1.165, 1.54) is 0 Å². The molecule has 1 aromatic carbocycles. The first kappa shape index (κ1) is 11.6. The van der Waals surface area contributed by atoms with Gasteiger partial charge in [0, 0.05) is 12.2 Å². The number of hydrogen-bond donors (Lipinski definition) is 3. The van der Waals surface area contributed by atoms with Crippen molar-refractivity contribution in [3.63, 3.8) is 0 Å². The minimum atomic E-state index is -0.265. The van der Waals surface area contributed by atoms with Gasteiger partial charge in [0.15, 0.2) is 5.82 Å². The number of para-hydroxylation sites is 1. The first-order chi connectivity index (χ1) is 9.25. The van der Waals surface area contributed by atoms with Crippen LogP contribution in [0.3, 0.4) is 0 Å². The lowest BCUT2D eigenvalue weighted by molar-refractivity contribution is -0.122. The number of aromatic nitrogens is 4. The molecule has 0 radical (unpaired) electrons. The summed E-state index contributed by atoms with van der Waals surface area (Å²) in [6.45, 7) is 2.45. The van der Waals surface area contributed by atoms with E-state index in [-0.39, 0.29) is 17.9 Å². The van der Waals surface area contributed by atoms with E-state index in [9.17, 15) is 4.79 Å². The highest BCUT2D eigenvalue weighted by Crippen LogP contribution is 2.31. The maximum absolute atomic E-state index is 12.3. The van der Waals surface area contributed by atoms with Crippen molar-refractivity contribution in [3.05, 3.63) is 35.7 Å². The first-order valence-corrected chi connectivity index (χ1v) is 6.12. The molecular weight excluding hydrogens is 244 g/mol. The highest BCUT2D eigenvalue weighted by molar-refractivity contribution is 5.88. The Labute approximate surface area is 109 Å². The Bertz CT molecular complexity index is 582. The van der Waals surface area contributed by atoms with E-state index in [1.807, 2.05) is 31.2 Å². The van der Waals surface area contributed by atoms with E-state index < -0.39 is 0 Å². The minimum absolute atomic E-state index is 0.0326. The van der Waals surface area contributed by atoms with Crippen LogP contribution in [0.5, 0.6) is 0 Å². The van der Waals surface area contributed by atoms with Crippen molar-refractivity contribution in [2.45, 2.75) is 18.9 Å². The summed E-state index contributed by atoms with van der Waals surface area (Å²) < 4.78 is 0. The fraction of sp³-hybridized carbons (Fsp3) is 0.333. The molecule has 2 aromatic rings. The molecule has 98 valence electrons. The number of carbonyl (C=O) groups is 1. The molecule has 1 amide bonds. The third-order valence-corrected chi connectivity index (χ3v) is 3.26. The number of rotatable bonds is 3. The van der Waals surface area contributed by atoms with Crippen LogP contribution in [0.1, 0.15) is 30.3 Å². The summed E-state index contributed by atoms with van der Waals surface area (Å²) in [6, 6.07) is 7.58. The molecule has 2 unspecified atom stereocenters. The van der Waals surface area contributed by atoms with Gasteiger partial charge in [-0.05, 0) is 18.6 Å². The largest absolute Gasteiger partial charge is 0.384 e. The molecule has 0 aliphatic carbocycles. The third-order valence-electron chi connectivity index (χ3n) is 3.26. The Morgan fingerprint density at radius 3 is 3.11 bits per heavy atom. The summed E-state index contributed by atoms with van der Waals surface area (Å²) in [5, 5.41) is 19.7. The molecular formula is C12H14N6O. The standard InChI is InChI=1S/C12H14N6O/c1-7(11-15-17-18-16-11)14-12(19)9-6-13-10-5-3-2-4-8(9)10/h2-5,7,9,13H,6H2,1H3,(H,14,19)(H,15,16,17,18). The quantitative estimate of drug-likeness (QED) is 0.748. The highest BCUT2D eigenvalue weighted by Gasteiger charge is 2.29. The summed E-state index contributed by atoms with van der Waals surface area (Å²) in [4.78, 5) is 12.3. The molecule has 0 spiro atoms. The predicted molar refractivity (Wildman–Crippen MR) is 68.4 cm³/mol. The van der Waals surface area contributed by atoms with Crippen LogP contribution in [0, 0.1) is 0 Å². The SMILES string of the molecule is CC(NC(=O)C1CNc2ccccc21)c1nn[nH]n1. The summed E-state index contributed by atoms with van der Waals surface area (Å²) >= 11 is 0. The number of carbonyl (C=O) groups excluding carboxylic acids is 1. The van der Waals surface area contributed by atoms with Gasteiger partial charge in [-0.3, -0.25) is 4.79 Å². The van der Waals surface area contributed by atoms with E-state index in [0.717, 1.165) is 11.3 Å². The van der Waals surface area contributed by atoms with Crippen LogP contribution in [-0.2, 0) is 4.79 Å². The molecule has 0 saturated carbocycles. The fourth-order valence-corrected chi connectivity index (χ4v) is 2.25. The fourth-order valence-electron chi connectivity index (χ4n) is 2.25. The number of tetrazole rings is 1. The highest BCUT2D eigenvalue weighted by atomic mass is 16.2. The van der Waals surface area contributed by atoms with Crippen LogP contribution in [0.2, 0.25) is 0 Å². The first-order valence-electron chi connectivity index (χ1n) is 6.12. The topological polar surface area (TPSA) is 95.6 Å². The molecule has 3 N–H and O–H groups in total. The van der Waals surface area contributed by atoms with Crippen molar-refractivity contribution in [1.82, 2.24) is 25.9 Å². The lowest BCUT2D eigenvalue weighted by Crippen LogP contribution is -2.33. The average molecular weight is 258 g/mol. The second-order valence-electron chi connectivity index (χ2n) is 4.52. The summed E-state index contributed by atoms with van der Waals surface area (Å²) in [7, 11) is 0. The van der Waals surface area contributed by atoms with Crippen molar-refractivity contribution in [1.29, 1.82) is 0 Å². The molecule has 2 atom stereocenters. The van der Waals surface area contributed by atoms with Gasteiger partial charge >= 0.3 is 0 Å². The second-order valence-corrected chi connectivity index (χ2v) is 4.52. The molecule has 7 nitrogen and oxygen atoms in total. The van der Waals surface area contributed by atoms with E-state index in [2.05, 4.69) is 31.3 Å². The van der Waals surface area contributed by atoms with Gasteiger partial charge in [0.2, 0.25) is 5.91 Å². The number of nitrogens with one attached hydrogen (secondary N) is 3. The van der Waals surface area contributed by atoms with E-state index >= 15 is 0 Å². The van der Waals surface area contributed by atoms with Crippen molar-refractivity contribution in [2.75, 3.05) is 11.9 Å². The Morgan fingerprint density at radius 1 is 1.47 bits per heavy atom. The zero-order valence-corrected chi connectivity index (χ0v) is 10.4. The van der Waals surface area contributed by atoms with Crippen LogP contribution >= 0.6 is 0 Å². The number of amides is 1. The van der Waals surface area contributed by atoms with Gasteiger partial charge in [0.1, 0.15) is 0 Å². The summed E-state index contributed by atoms with van der Waals surface area (Å²) in [5.41, 5.74) is 2.05. The number of aromatic amines is 1. The van der Waals surface area contributed by atoms with Crippen LogP contribution < -0.4 is 10.6 Å². The zero-order chi connectivity index (χ0) is 13.2. The summed E-state index contributed by atoms with van der Waals surface area (Å²) in [5.74, 6) is 0.271. The van der Waals surface area contributed by atoms with Crippen molar-refractivity contribution < 1.29 is 4.79 Å². The monoisotopic (exact) mass is 258 g/mol. The second kappa shape index (κ2) is 4.68. The molecule has 7 heteroatoms. The van der Waals surface area contributed by atoms with Gasteiger partial charge in [-0.2, -0.15) is 5.21 Å². The molecule has 0 bridgehead atoms. The van der Waals surface area contributed by atoms with Crippen LogP contribution in [0.25, 0.3) is 0 Å². The molecule has 3 rings (SSSR count). The number of H-pyrrole nitrogens is 1. The Kier molecular flexibility index (Phi) is 2.86. The lowest BCUT2D eigenvalue weighted by Gasteiger charge is -2.14. The van der Waals surface area contributed by atoms with E-state index in [4.69, 9.17) is 0 Å². The normalized spacial score (nSPS) is 18.5. The minimum Gasteiger partial charge on any atom is -0.384 e. The van der Waals surface area contributed by atoms with Gasteiger partial charge in [0.25, 0.3) is 0 Å². The van der Waals surface area contributed by atoms with Gasteiger partial charge in [-0.25, -0.2) is 0 Å². The van der Waals surface area contributed by atoms with E-state index in [0.29, 0.717) is 12.4 Å². The van der Waals surface area contributed by atoms with Crippen LogP contribution in [0.15, 0.2) is 24.3 Å². The van der Waals surface area contributed by atoms with Gasteiger partial charge in [0.05, 0.1) is 12.0 Å². The maximum atomic E-state index is 12.3. The van der Waals surface area contributed by atoms with Gasteiger partial charge < -0.3 is 10.6 Å². The Balaban J connectivity index is 1.72. The van der Waals surface area contributed by atoms with Crippen molar-refractivity contribution in [2.24, 2.45) is 0 Å². The van der Waals surface area contributed by atoms with Crippen molar-refractivity contribution >= 4 is 11.6 Å². The third kappa shape index (κ3) is 2.14. The smallest absolute Gasteiger partial charge is 0.229 e. The number of anilines is 1. The van der Waals surface area contributed by atoms with Gasteiger partial charge in [-0.15, -0.1) is 10.2 Å². The molecule has 1 aromatic heterocycles. The molecule has 2 heterocycles. The lowest BCUT2D eigenvalue weighted by atomic mass is 10.0. The van der Waals surface area contributed by atoms with Crippen molar-refractivity contribution in [3.8, 4) is 0 Å². The molecule has 1 aliphatic rings. The maximum Gasteiger partial charge on any atom is 0.229 e. The van der Waals surface area contributed by atoms with Crippen LogP contribution in [-0.4, -0.2) is 33.1 Å². The number of fused-ring (bicyclic) bond motifs is 1. The Hall–Kier alpha value is -2.44. The number of hydrogen-bond acceptors (Lipinski definition) is 5. The zero-order valence-electron chi connectivity index (χ0n) is 10.4. The molecule has 0 fully saturated rings. The number of nitrogens with zero attached hydrogens (tertiary/aromatic N) is 3. The van der Waals surface area contributed by atoms with Crippen LogP contribution in [0.4, 0.5) is 5.69 Å². The average Bonchev–Trinajstić information content (AvgIpc) is 3.08. The summed E-state index contributed by atoms with van der Waals surface area (Å²) in [6.07, 6.45) is 0. The Morgan fingerprint density at radius 2 is 2.32 bits per heavy atom. The number of benzene rings is 1. The molecule has 19 heavy (non-hydrogen) atoms. The molecule has 0 saturated heterocycles. The van der Waals surface area contributed by atoms with E-state index in [1.54, 1.807) is 0 Å². The predicted octanol–water partition coefficient (Wildman–Crippen LogP) is 0.586. The van der Waals surface area contributed by atoms with Gasteiger partial charge in [-0.1, -0.05) is 23.4 Å².